The molecule has 2 nitrogen and oxygen atoms in total. The summed E-state index contributed by atoms with van der Waals surface area (Å²) in [5.74, 6) is 0.615. The van der Waals surface area contributed by atoms with Gasteiger partial charge in [-0.2, -0.15) is 5.26 Å². The molecule has 0 fully saturated rings. The third kappa shape index (κ3) is 3.53. The Balaban J connectivity index is 3.01. The first kappa shape index (κ1) is 13.1. The molecule has 3 heteroatoms. The van der Waals surface area contributed by atoms with E-state index < -0.39 is 0 Å². The maximum atomic E-state index is 8.93. The van der Waals surface area contributed by atoms with Crippen molar-refractivity contribution in [2.75, 3.05) is 18.0 Å². The summed E-state index contributed by atoms with van der Waals surface area (Å²) in [7, 11) is 0. The minimum absolute atomic E-state index is 0.615. The number of anilines is 1. The van der Waals surface area contributed by atoms with Gasteiger partial charge < -0.3 is 4.90 Å². The number of rotatable bonds is 4. The first-order valence-corrected chi connectivity index (χ1v) is 6.31. The molecule has 0 saturated carbocycles. The zero-order valence-electron chi connectivity index (χ0n) is 10.00. The zero-order valence-corrected chi connectivity index (χ0v) is 11.6. The Bertz CT molecular complexity index is 393. The topological polar surface area (TPSA) is 27.0 Å². The lowest BCUT2D eigenvalue weighted by Crippen LogP contribution is -2.27. The number of hydrogen-bond donors (Lipinski definition) is 0. The van der Waals surface area contributed by atoms with E-state index in [0.717, 1.165) is 23.2 Å². The highest BCUT2D eigenvalue weighted by Gasteiger charge is 2.08. The number of halogens is 1. The van der Waals surface area contributed by atoms with Crippen LogP contribution >= 0.6 is 15.9 Å². The fourth-order valence-corrected chi connectivity index (χ4v) is 2.16. The molecule has 0 N–H and O–H groups in total. The molecule has 0 saturated heterocycles. The highest BCUT2D eigenvalue weighted by Crippen LogP contribution is 2.23. The molecule has 1 rings (SSSR count). The number of nitrogens with zero attached hydrogens (tertiary/aromatic N) is 2. The second-order valence-electron chi connectivity index (χ2n) is 4.24. The van der Waals surface area contributed by atoms with Crippen LogP contribution in [0.1, 0.15) is 26.3 Å². The maximum absolute atomic E-state index is 8.93. The predicted octanol–water partition coefficient (Wildman–Crippen LogP) is 3.80. The van der Waals surface area contributed by atoms with E-state index >= 15 is 0 Å². The van der Waals surface area contributed by atoms with E-state index in [1.54, 1.807) is 0 Å². The van der Waals surface area contributed by atoms with Crippen LogP contribution < -0.4 is 4.90 Å². The lowest BCUT2D eigenvalue weighted by atomic mass is 10.1. The molecule has 0 aromatic heterocycles. The standard InChI is InChI=1S/C13H17BrN2/c1-4-16(9-10(2)3)13-6-11(8-15)5-12(14)7-13/h5-7,10H,4,9H2,1-3H3. The van der Waals surface area contributed by atoms with E-state index in [1.165, 1.54) is 0 Å². The molecule has 1 aromatic carbocycles. The van der Waals surface area contributed by atoms with E-state index in [0.29, 0.717) is 11.5 Å². The van der Waals surface area contributed by atoms with Crippen LogP contribution in [0.4, 0.5) is 5.69 Å². The summed E-state index contributed by atoms with van der Waals surface area (Å²) in [6.45, 7) is 8.50. The summed E-state index contributed by atoms with van der Waals surface area (Å²) in [6, 6.07) is 8.03. The fourth-order valence-electron chi connectivity index (χ4n) is 1.68. The molecule has 0 aliphatic rings. The lowest BCUT2D eigenvalue weighted by molar-refractivity contribution is 0.618. The van der Waals surface area contributed by atoms with Gasteiger partial charge in [-0.1, -0.05) is 29.8 Å². The minimum atomic E-state index is 0.615. The SMILES string of the molecule is CCN(CC(C)C)c1cc(Br)cc(C#N)c1. The van der Waals surface area contributed by atoms with Crippen molar-refractivity contribution in [1.82, 2.24) is 0 Å². The van der Waals surface area contributed by atoms with Gasteiger partial charge in [0.2, 0.25) is 0 Å². The first-order valence-electron chi connectivity index (χ1n) is 5.52. The summed E-state index contributed by atoms with van der Waals surface area (Å²) < 4.78 is 0.962. The molecule has 0 bridgehead atoms. The van der Waals surface area contributed by atoms with Gasteiger partial charge in [-0.15, -0.1) is 0 Å². The average Bonchev–Trinajstić information content (AvgIpc) is 2.24. The van der Waals surface area contributed by atoms with Gasteiger partial charge in [0.1, 0.15) is 0 Å². The van der Waals surface area contributed by atoms with Gasteiger partial charge in [-0.25, -0.2) is 0 Å². The Labute approximate surface area is 106 Å². The second-order valence-corrected chi connectivity index (χ2v) is 5.16. The number of hydrogen-bond acceptors (Lipinski definition) is 2. The zero-order chi connectivity index (χ0) is 12.1. The molecule has 16 heavy (non-hydrogen) atoms. The average molecular weight is 281 g/mol. The predicted molar refractivity (Wildman–Crippen MR) is 71.6 cm³/mol. The number of nitriles is 1. The van der Waals surface area contributed by atoms with Crippen molar-refractivity contribution in [2.24, 2.45) is 5.92 Å². The van der Waals surface area contributed by atoms with E-state index in [4.69, 9.17) is 5.26 Å². The van der Waals surface area contributed by atoms with Crippen molar-refractivity contribution < 1.29 is 0 Å². The molecular formula is C13H17BrN2. The van der Waals surface area contributed by atoms with Gasteiger partial charge in [0.25, 0.3) is 0 Å². The highest BCUT2D eigenvalue weighted by atomic mass is 79.9. The van der Waals surface area contributed by atoms with Gasteiger partial charge in [0.15, 0.2) is 0 Å². The maximum Gasteiger partial charge on any atom is 0.0992 e. The summed E-state index contributed by atoms with van der Waals surface area (Å²) in [5.41, 5.74) is 1.81. The Morgan fingerprint density at radius 1 is 1.38 bits per heavy atom. The lowest BCUT2D eigenvalue weighted by Gasteiger charge is -2.25. The third-order valence-corrected chi connectivity index (χ3v) is 2.80. The quantitative estimate of drug-likeness (QED) is 0.839. The Morgan fingerprint density at radius 2 is 2.06 bits per heavy atom. The van der Waals surface area contributed by atoms with Gasteiger partial charge >= 0.3 is 0 Å². The summed E-state index contributed by atoms with van der Waals surface area (Å²) in [5, 5.41) is 8.93. The molecule has 1 aromatic rings. The summed E-state index contributed by atoms with van der Waals surface area (Å²) >= 11 is 3.44. The van der Waals surface area contributed by atoms with Crippen molar-refractivity contribution in [3.05, 3.63) is 28.2 Å². The van der Waals surface area contributed by atoms with Crippen molar-refractivity contribution in [3.8, 4) is 6.07 Å². The van der Waals surface area contributed by atoms with E-state index in [2.05, 4.69) is 53.7 Å². The molecule has 86 valence electrons. The molecule has 0 atom stereocenters. The van der Waals surface area contributed by atoms with Crippen LogP contribution in [0.5, 0.6) is 0 Å². The molecule has 0 aliphatic heterocycles. The van der Waals surface area contributed by atoms with Gasteiger partial charge in [-0.3, -0.25) is 0 Å². The Kier molecular flexibility index (Phi) is 4.82. The molecule has 0 spiro atoms. The molecular weight excluding hydrogens is 264 g/mol. The molecule has 0 heterocycles. The van der Waals surface area contributed by atoms with Crippen LogP contribution in [0, 0.1) is 17.2 Å². The second kappa shape index (κ2) is 5.91. The van der Waals surface area contributed by atoms with Crippen molar-refractivity contribution in [1.29, 1.82) is 5.26 Å². The largest absolute Gasteiger partial charge is 0.371 e. The minimum Gasteiger partial charge on any atom is -0.371 e. The van der Waals surface area contributed by atoms with E-state index in [1.807, 2.05) is 12.1 Å². The molecule has 0 unspecified atom stereocenters. The van der Waals surface area contributed by atoms with Crippen LogP contribution in [-0.2, 0) is 0 Å². The summed E-state index contributed by atoms with van der Waals surface area (Å²) in [4.78, 5) is 2.29. The number of benzene rings is 1. The summed E-state index contributed by atoms with van der Waals surface area (Å²) in [6.07, 6.45) is 0. The first-order chi connectivity index (χ1) is 7.56. The van der Waals surface area contributed by atoms with Crippen molar-refractivity contribution >= 4 is 21.6 Å². The van der Waals surface area contributed by atoms with Crippen LogP contribution in [0.15, 0.2) is 22.7 Å². The Morgan fingerprint density at radius 3 is 2.56 bits per heavy atom. The van der Waals surface area contributed by atoms with Crippen molar-refractivity contribution in [2.45, 2.75) is 20.8 Å². The van der Waals surface area contributed by atoms with Crippen LogP contribution in [0.2, 0.25) is 0 Å². The third-order valence-electron chi connectivity index (χ3n) is 2.34. The molecule has 0 radical (unpaired) electrons. The van der Waals surface area contributed by atoms with Crippen LogP contribution in [0.3, 0.4) is 0 Å². The smallest absolute Gasteiger partial charge is 0.0992 e. The van der Waals surface area contributed by atoms with E-state index in [-0.39, 0.29) is 0 Å². The highest BCUT2D eigenvalue weighted by molar-refractivity contribution is 9.10. The molecule has 0 aliphatic carbocycles. The van der Waals surface area contributed by atoms with Gasteiger partial charge in [0, 0.05) is 23.2 Å². The van der Waals surface area contributed by atoms with Gasteiger partial charge in [0.05, 0.1) is 11.6 Å². The van der Waals surface area contributed by atoms with Crippen LogP contribution in [-0.4, -0.2) is 13.1 Å². The Hall–Kier alpha value is -1.01. The van der Waals surface area contributed by atoms with Gasteiger partial charge in [-0.05, 0) is 31.0 Å². The van der Waals surface area contributed by atoms with E-state index in [9.17, 15) is 0 Å². The van der Waals surface area contributed by atoms with Crippen LogP contribution in [0.25, 0.3) is 0 Å². The fraction of sp³-hybridized carbons (Fsp3) is 0.462. The monoisotopic (exact) mass is 280 g/mol. The van der Waals surface area contributed by atoms with Crippen molar-refractivity contribution in [3.63, 3.8) is 0 Å². The normalized spacial score (nSPS) is 10.2. The molecule has 0 amide bonds.